The lowest BCUT2D eigenvalue weighted by Gasteiger charge is -2.24. The van der Waals surface area contributed by atoms with Gasteiger partial charge in [-0.25, -0.2) is 4.98 Å². The summed E-state index contributed by atoms with van der Waals surface area (Å²) in [5.74, 6) is 0.969. The van der Waals surface area contributed by atoms with E-state index in [1.807, 2.05) is 30.5 Å². The topological polar surface area (TPSA) is 91.8 Å². The third kappa shape index (κ3) is 6.46. The molecule has 0 unspecified atom stereocenters. The highest BCUT2D eigenvalue weighted by Gasteiger charge is 2.20. The van der Waals surface area contributed by atoms with Crippen LogP contribution in [-0.4, -0.2) is 33.4 Å². The van der Waals surface area contributed by atoms with Gasteiger partial charge in [-0.3, -0.25) is 9.78 Å². The van der Waals surface area contributed by atoms with E-state index in [9.17, 15) is 4.79 Å². The summed E-state index contributed by atoms with van der Waals surface area (Å²) < 4.78 is 0. The molecule has 1 amide bonds. The Balaban J connectivity index is 1.26. The number of benzene rings is 2. The Morgan fingerprint density at radius 1 is 0.947 bits per heavy atom. The van der Waals surface area contributed by atoms with Crippen LogP contribution in [0.1, 0.15) is 67.8 Å². The van der Waals surface area contributed by atoms with E-state index in [1.165, 1.54) is 30.0 Å². The predicted molar refractivity (Wildman–Crippen MR) is 154 cm³/mol. The fourth-order valence-electron chi connectivity index (χ4n) is 4.89. The molecule has 1 fully saturated rings. The van der Waals surface area contributed by atoms with Crippen LogP contribution in [0.5, 0.6) is 0 Å². The largest absolute Gasteiger partial charge is 0.367 e. The van der Waals surface area contributed by atoms with Crippen molar-refractivity contribution in [3.8, 4) is 11.3 Å². The minimum Gasteiger partial charge on any atom is -0.367 e. The van der Waals surface area contributed by atoms with Gasteiger partial charge in [0.2, 0.25) is 5.95 Å². The first-order valence-corrected chi connectivity index (χ1v) is 13.8. The average Bonchev–Trinajstić information content (AvgIpc) is 2.97. The van der Waals surface area contributed by atoms with E-state index in [0.717, 1.165) is 49.0 Å². The van der Waals surface area contributed by atoms with Crippen LogP contribution < -0.4 is 16.0 Å². The van der Waals surface area contributed by atoms with Gasteiger partial charge in [0.05, 0.1) is 5.69 Å². The Hall–Kier alpha value is -4.00. The molecule has 0 aliphatic heterocycles. The van der Waals surface area contributed by atoms with Gasteiger partial charge in [0.15, 0.2) is 0 Å². The number of nitrogens with zero attached hydrogens (tertiary/aromatic N) is 3. The van der Waals surface area contributed by atoms with Crippen molar-refractivity contribution in [1.29, 1.82) is 0 Å². The summed E-state index contributed by atoms with van der Waals surface area (Å²) in [6.07, 6.45) is 11.5. The number of amides is 1. The maximum absolute atomic E-state index is 13.2. The summed E-state index contributed by atoms with van der Waals surface area (Å²) in [4.78, 5) is 26.9. The molecule has 7 heteroatoms. The van der Waals surface area contributed by atoms with Crippen molar-refractivity contribution in [2.24, 2.45) is 0 Å². The van der Waals surface area contributed by atoms with Crippen molar-refractivity contribution in [1.82, 2.24) is 20.3 Å². The molecule has 0 atom stereocenters. The molecule has 0 bridgehead atoms. The number of hydrogen-bond donors (Lipinski definition) is 3. The molecule has 1 saturated carbocycles. The van der Waals surface area contributed by atoms with Crippen LogP contribution in [0.3, 0.4) is 0 Å². The average molecular weight is 509 g/mol. The number of hydrogen-bond acceptors (Lipinski definition) is 6. The number of carbonyl (C=O) groups is 1. The molecule has 7 nitrogen and oxygen atoms in total. The molecule has 0 spiro atoms. The number of fused-ring (bicyclic) bond motifs is 1. The van der Waals surface area contributed by atoms with Crippen molar-refractivity contribution in [3.05, 3.63) is 78.1 Å². The van der Waals surface area contributed by atoms with Crippen molar-refractivity contribution in [2.75, 3.05) is 17.2 Å². The second kappa shape index (κ2) is 12.5. The van der Waals surface area contributed by atoms with E-state index in [1.54, 1.807) is 6.20 Å². The zero-order valence-corrected chi connectivity index (χ0v) is 22.0. The van der Waals surface area contributed by atoms with Crippen molar-refractivity contribution < 1.29 is 4.79 Å². The molecular formula is C31H36N6O. The molecule has 196 valence electrons. The molecule has 0 saturated heterocycles. The summed E-state index contributed by atoms with van der Waals surface area (Å²) in [5.41, 5.74) is 3.38. The van der Waals surface area contributed by atoms with E-state index in [2.05, 4.69) is 68.2 Å². The minimum absolute atomic E-state index is 0.193. The number of anilines is 2. The smallest absolute Gasteiger partial charge is 0.256 e. The molecule has 2 heterocycles. The van der Waals surface area contributed by atoms with Crippen LogP contribution in [0.15, 0.2) is 67.0 Å². The first kappa shape index (κ1) is 25.6. The van der Waals surface area contributed by atoms with Gasteiger partial charge in [-0.1, -0.05) is 75.1 Å². The molecule has 5 rings (SSSR count). The third-order valence-corrected chi connectivity index (χ3v) is 7.12. The zero-order valence-electron chi connectivity index (χ0n) is 22.0. The molecular weight excluding hydrogens is 472 g/mol. The Labute approximate surface area is 224 Å². The van der Waals surface area contributed by atoms with Crippen molar-refractivity contribution >= 4 is 28.4 Å². The minimum atomic E-state index is -0.193. The molecule has 38 heavy (non-hydrogen) atoms. The highest BCUT2D eigenvalue weighted by atomic mass is 16.1. The van der Waals surface area contributed by atoms with Crippen molar-refractivity contribution in [3.63, 3.8) is 0 Å². The van der Waals surface area contributed by atoms with Crippen LogP contribution >= 0.6 is 0 Å². The highest BCUT2D eigenvalue weighted by molar-refractivity contribution is 5.98. The summed E-state index contributed by atoms with van der Waals surface area (Å²) >= 11 is 0. The van der Waals surface area contributed by atoms with E-state index in [0.29, 0.717) is 29.9 Å². The Bertz CT molecular complexity index is 1360. The van der Waals surface area contributed by atoms with Gasteiger partial charge in [0.1, 0.15) is 11.4 Å². The number of rotatable bonds is 10. The Morgan fingerprint density at radius 3 is 2.58 bits per heavy atom. The quantitative estimate of drug-likeness (QED) is 0.210. The van der Waals surface area contributed by atoms with Gasteiger partial charge in [-0.15, -0.1) is 0 Å². The summed E-state index contributed by atoms with van der Waals surface area (Å²) in [5, 5.41) is 12.2. The third-order valence-electron chi connectivity index (χ3n) is 7.12. The lowest BCUT2D eigenvalue weighted by molar-refractivity contribution is 0.0951. The maximum Gasteiger partial charge on any atom is 0.256 e. The van der Waals surface area contributed by atoms with Gasteiger partial charge < -0.3 is 16.0 Å². The lowest BCUT2D eigenvalue weighted by Crippen LogP contribution is -2.28. The molecule has 4 aromatic rings. The van der Waals surface area contributed by atoms with Crippen LogP contribution in [0.2, 0.25) is 0 Å². The standard InChI is InChI=1S/C31H36N6O/c1-2-3-17-32-31-35-21-27(29(37-31)36-26-11-5-4-6-12-26)30(38)34-20-22-13-16-28(33-19-22)25-15-14-23-9-7-8-10-24(23)18-25/h7-10,13-16,18-19,21,26H,2-6,11-12,17,20H2,1H3,(H,34,38)(H2,32,35,36,37). The maximum atomic E-state index is 13.2. The molecule has 3 N–H and O–H groups in total. The number of nitrogens with one attached hydrogen (secondary N) is 3. The first-order chi connectivity index (χ1) is 18.7. The van der Waals surface area contributed by atoms with Gasteiger partial charge in [-0.2, -0.15) is 4.98 Å². The number of aromatic nitrogens is 3. The first-order valence-electron chi connectivity index (χ1n) is 13.8. The number of pyridine rings is 1. The zero-order chi connectivity index (χ0) is 26.2. The molecule has 1 aliphatic carbocycles. The van der Waals surface area contributed by atoms with Gasteiger partial charge >= 0.3 is 0 Å². The van der Waals surface area contributed by atoms with Crippen LogP contribution in [0.4, 0.5) is 11.8 Å². The fourth-order valence-corrected chi connectivity index (χ4v) is 4.89. The SMILES string of the molecule is CCCCNc1ncc(C(=O)NCc2ccc(-c3ccc4ccccc4c3)nc2)c(NC2CCCCC2)n1. The normalized spacial score (nSPS) is 13.8. The van der Waals surface area contributed by atoms with Crippen molar-refractivity contribution in [2.45, 2.75) is 64.5 Å². The second-order valence-corrected chi connectivity index (χ2v) is 10.0. The van der Waals surface area contributed by atoms with Gasteiger partial charge in [-0.05, 0) is 47.7 Å². The van der Waals surface area contributed by atoms with E-state index >= 15 is 0 Å². The molecule has 0 radical (unpaired) electrons. The molecule has 2 aromatic heterocycles. The van der Waals surface area contributed by atoms with E-state index in [-0.39, 0.29) is 5.91 Å². The molecule has 1 aliphatic rings. The number of unbranched alkanes of at least 4 members (excludes halogenated alkanes) is 1. The summed E-state index contributed by atoms with van der Waals surface area (Å²) in [7, 11) is 0. The highest BCUT2D eigenvalue weighted by Crippen LogP contribution is 2.25. The Morgan fingerprint density at radius 2 is 1.79 bits per heavy atom. The van der Waals surface area contributed by atoms with Crippen LogP contribution in [0, 0.1) is 0 Å². The summed E-state index contributed by atoms with van der Waals surface area (Å²) in [6, 6.07) is 19.0. The van der Waals surface area contributed by atoms with Gasteiger partial charge in [0, 0.05) is 37.1 Å². The molecule has 2 aromatic carbocycles. The van der Waals surface area contributed by atoms with Crippen LogP contribution in [0.25, 0.3) is 22.0 Å². The lowest BCUT2D eigenvalue weighted by atomic mass is 9.95. The Kier molecular flexibility index (Phi) is 8.43. The fraction of sp³-hybridized carbons (Fsp3) is 0.355. The monoisotopic (exact) mass is 508 g/mol. The predicted octanol–water partition coefficient (Wildman–Crippen LogP) is 6.58. The van der Waals surface area contributed by atoms with Crippen LogP contribution in [-0.2, 0) is 6.54 Å². The van der Waals surface area contributed by atoms with Gasteiger partial charge in [0.25, 0.3) is 5.91 Å². The van der Waals surface area contributed by atoms with E-state index in [4.69, 9.17) is 0 Å². The number of carbonyl (C=O) groups excluding carboxylic acids is 1. The second-order valence-electron chi connectivity index (χ2n) is 10.0. The summed E-state index contributed by atoms with van der Waals surface area (Å²) in [6.45, 7) is 3.34. The van der Waals surface area contributed by atoms with E-state index < -0.39 is 0 Å².